The van der Waals surface area contributed by atoms with E-state index < -0.39 is 6.10 Å². The molecule has 0 spiro atoms. The Balaban J connectivity index is 1.40. The third kappa shape index (κ3) is 5.70. The molecule has 0 heterocycles. The normalized spacial score (nSPS) is 16.9. The zero-order valence-electron chi connectivity index (χ0n) is 19.6. The molecule has 2 amide bonds. The van der Waals surface area contributed by atoms with E-state index in [2.05, 4.69) is 32.2 Å². The second-order valence-electron chi connectivity index (χ2n) is 10.2. The van der Waals surface area contributed by atoms with E-state index in [-0.39, 0.29) is 23.3 Å². The van der Waals surface area contributed by atoms with E-state index in [1.54, 1.807) is 0 Å². The van der Waals surface area contributed by atoms with Gasteiger partial charge in [0.2, 0.25) is 0 Å². The molecule has 0 bridgehead atoms. The number of ether oxygens (including phenoxy) is 1. The van der Waals surface area contributed by atoms with Crippen molar-refractivity contribution in [3.05, 3.63) is 65.2 Å². The summed E-state index contributed by atoms with van der Waals surface area (Å²) in [6.07, 6.45) is 3.64. The molecule has 2 aliphatic carbocycles. The SMILES string of the molecule is CC(Oc1cccc(C(C)(C)C)c1)C(=O)N(Cc1ccc(C(=O)NC2CC2)cc1)C1CC1. The molecule has 32 heavy (non-hydrogen) atoms. The van der Waals surface area contributed by atoms with Gasteiger partial charge < -0.3 is 15.0 Å². The summed E-state index contributed by atoms with van der Waals surface area (Å²) >= 11 is 0. The highest BCUT2D eigenvalue weighted by atomic mass is 16.5. The molecule has 2 fully saturated rings. The van der Waals surface area contributed by atoms with Crippen LogP contribution in [0, 0.1) is 0 Å². The average molecular weight is 435 g/mol. The summed E-state index contributed by atoms with van der Waals surface area (Å²) in [6.45, 7) is 8.85. The van der Waals surface area contributed by atoms with Crippen molar-refractivity contribution in [1.29, 1.82) is 0 Å². The van der Waals surface area contributed by atoms with Crippen molar-refractivity contribution in [3.8, 4) is 5.75 Å². The predicted molar refractivity (Wildman–Crippen MR) is 126 cm³/mol. The number of nitrogens with one attached hydrogen (secondary N) is 1. The Morgan fingerprint density at radius 3 is 2.34 bits per heavy atom. The van der Waals surface area contributed by atoms with Gasteiger partial charge in [-0.15, -0.1) is 0 Å². The minimum Gasteiger partial charge on any atom is -0.481 e. The van der Waals surface area contributed by atoms with Gasteiger partial charge in [0.1, 0.15) is 5.75 Å². The fourth-order valence-corrected chi connectivity index (χ4v) is 3.75. The molecular weight excluding hydrogens is 400 g/mol. The van der Waals surface area contributed by atoms with Crippen LogP contribution in [0.2, 0.25) is 0 Å². The molecule has 1 atom stereocenters. The van der Waals surface area contributed by atoms with Crippen LogP contribution in [-0.4, -0.2) is 34.9 Å². The van der Waals surface area contributed by atoms with Gasteiger partial charge in [0, 0.05) is 24.2 Å². The Kier molecular flexibility index (Phi) is 6.27. The second kappa shape index (κ2) is 8.97. The number of carbonyl (C=O) groups is 2. The molecule has 5 nitrogen and oxygen atoms in total. The van der Waals surface area contributed by atoms with Gasteiger partial charge in [-0.1, -0.05) is 45.0 Å². The molecule has 0 saturated heterocycles. The molecule has 2 aromatic carbocycles. The molecule has 1 N–H and O–H groups in total. The van der Waals surface area contributed by atoms with Gasteiger partial charge in [0.15, 0.2) is 6.10 Å². The number of hydrogen-bond donors (Lipinski definition) is 1. The van der Waals surface area contributed by atoms with Crippen LogP contribution < -0.4 is 10.1 Å². The van der Waals surface area contributed by atoms with E-state index in [9.17, 15) is 9.59 Å². The zero-order chi connectivity index (χ0) is 22.9. The average Bonchev–Trinajstić information content (AvgIpc) is 3.66. The summed E-state index contributed by atoms with van der Waals surface area (Å²) in [7, 11) is 0. The molecule has 0 aliphatic heterocycles. The van der Waals surface area contributed by atoms with Crippen molar-refractivity contribution in [2.45, 2.75) is 83.5 Å². The first-order valence-electron chi connectivity index (χ1n) is 11.7. The van der Waals surface area contributed by atoms with Crippen LogP contribution in [0.4, 0.5) is 0 Å². The Bertz CT molecular complexity index is 969. The number of nitrogens with zero attached hydrogens (tertiary/aromatic N) is 1. The first-order valence-corrected chi connectivity index (χ1v) is 11.7. The van der Waals surface area contributed by atoms with Gasteiger partial charge >= 0.3 is 0 Å². The maximum absolute atomic E-state index is 13.3. The standard InChI is InChI=1S/C27H34N2O3/c1-18(32-24-7-5-6-21(16-24)27(2,3)4)26(31)29(23-14-15-23)17-19-8-10-20(11-9-19)25(30)28-22-12-13-22/h5-11,16,18,22-23H,12-15,17H2,1-4H3,(H,28,30). The molecule has 2 aliphatic rings. The van der Waals surface area contributed by atoms with Gasteiger partial charge in [-0.05, 0) is 73.4 Å². The first-order chi connectivity index (χ1) is 15.2. The molecule has 1 unspecified atom stereocenters. The lowest BCUT2D eigenvalue weighted by Gasteiger charge is -2.27. The van der Waals surface area contributed by atoms with Gasteiger partial charge in [0.25, 0.3) is 11.8 Å². The Hall–Kier alpha value is -2.82. The Morgan fingerprint density at radius 1 is 1.06 bits per heavy atom. The number of amides is 2. The highest BCUT2D eigenvalue weighted by molar-refractivity contribution is 5.94. The lowest BCUT2D eigenvalue weighted by Crippen LogP contribution is -2.41. The maximum Gasteiger partial charge on any atom is 0.263 e. The minimum atomic E-state index is -0.561. The Labute approximate surface area is 191 Å². The lowest BCUT2D eigenvalue weighted by atomic mass is 9.87. The van der Waals surface area contributed by atoms with Crippen molar-refractivity contribution >= 4 is 11.8 Å². The third-order valence-corrected chi connectivity index (χ3v) is 6.11. The van der Waals surface area contributed by atoms with E-state index >= 15 is 0 Å². The van der Waals surface area contributed by atoms with Crippen molar-refractivity contribution in [3.63, 3.8) is 0 Å². The predicted octanol–water partition coefficient (Wildman–Crippen LogP) is 4.83. The van der Waals surface area contributed by atoms with Crippen molar-refractivity contribution in [2.75, 3.05) is 0 Å². The third-order valence-electron chi connectivity index (χ3n) is 6.11. The highest BCUT2D eigenvalue weighted by Crippen LogP contribution is 2.30. The number of carbonyl (C=O) groups excluding carboxylic acids is 2. The van der Waals surface area contributed by atoms with Crippen LogP contribution in [0.5, 0.6) is 5.75 Å². The number of rotatable bonds is 8. The fourth-order valence-electron chi connectivity index (χ4n) is 3.75. The smallest absolute Gasteiger partial charge is 0.263 e. The molecule has 2 aromatic rings. The molecule has 4 rings (SSSR count). The summed E-state index contributed by atoms with van der Waals surface area (Å²) in [5.74, 6) is 0.706. The quantitative estimate of drug-likeness (QED) is 0.647. The highest BCUT2D eigenvalue weighted by Gasteiger charge is 2.35. The zero-order valence-corrected chi connectivity index (χ0v) is 19.6. The minimum absolute atomic E-state index is 0.00390. The monoisotopic (exact) mass is 434 g/mol. The van der Waals surface area contributed by atoms with Gasteiger partial charge in [-0.25, -0.2) is 0 Å². The Morgan fingerprint density at radius 2 is 1.75 bits per heavy atom. The first kappa shape index (κ1) is 22.4. The molecule has 2 saturated carbocycles. The molecule has 0 radical (unpaired) electrons. The second-order valence-corrected chi connectivity index (χ2v) is 10.2. The molecule has 0 aromatic heterocycles. The van der Waals surface area contributed by atoms with Gasteiger partial charge in [-0.2, -0.15) is 0 Å². The van der Waals surface area contributed by atoms with Crippen molar-refractivity contribution < 1.29 is 14.3 Å². The van der Waals surface area contributed by atoms with Gasteiger partial charge in [0.05, 0.1) is 0 Å². The van der Waals surface area contributed by atoms with Crippen molar-refractivity contribution in [2.24, 2.45) is 0 Å². The number of benzene rings is 2. The van der Waals surface area contributed by atoms with Gasteiger partial charge in [-0.3, -0.25) is 9.59 Å². The largest absolute Gasteiger partial charge is 0.481 e. The van der Waals surface area contributed by atoms with E-state index in [0.29, 0.717) is 18.2 Å². The fraction of sp³-hybridized carbons (Fsp3) is 0.481. The summed E-state index contributed by atoms with van der Waals surface area (Å²) in [4.78, 5) is 27.4. The lowest BCUT2D eigenvalue weighted by molar-refractivity contribution is -0.139. The van der Waals surface area contributed by atoms with Crippen LogP contribution in [0.15, 0.2) is 48.5 Å². The van der Waals surface area contributed by atoms with Crippen LogP contribution in [0.1, 0.15) is 74.9 Å². The molecule has 170 valence electrons. The topological polar surface area (TPSA) is 58.6 Å². The van der Waals surface area contributed by atoms with E-state index in [4.69, 9.17) is 4.74 Å². The maximum atomic E-state index is 13.3. The van der Waals surface area contributed by atoms with E-state index in [0.717, 1.165) is 37.0 Å². The number of hydrogen-bond acceptors (Lipinski definition) is 3. The van der Waals surface area contributed by atoms with Crippen LogP contribution >= 0.6 is 0 Å². The molecular formula is C27H34N2O3. The van der Waals surface area contributed by atoms with Crippen molar-refractivity contribution in [1.82, 2.24) is 10.2 Å². The van der Waals surface area contributed by atoms with Crippen LogP contribution in [0.3, 0.4) is 0 Å². The van der Waals surface area contributed by atoms with Crippen LogP contribution in [0.25, 0.3) is 0 Å². The summed E-state index contributed by atoms with van der Waals surface area (Å²) in [5.41, 5.74) is 2.89. The summed E-state index contributed by atoms with van der Waals surface area (Å²) in [5, 5.41) is 3.01. The molecule has 5 heteroatoms. The van der Waals surface area contributed by atoms with E-state index in [1.165, 1.54) is 5.56 Å². The summed E-state index contributed by atoms with van der Waals surface area (Å²) in [6, 6.07) is 16.2. The van der Waals surface area contributed by atoms with Crippen LogP contribution in [-0.2, 0) is 16.8 Å². The summed E-state index contributed by atoms with van der Waals surface area (Å²) < 4.78 is 6.06. The van der Waals surface area contributed by atoms with E-state index in [1.807, 2.05) is 54.3 Å².